The van der Waals surface area contributed by atoms with E-state index in [9.17, 15) is 0 Å². The SMILES string of the molecule is Nc1ccc2cnn(C3CCOC4(CCC4)C3)c2c1. The molecule has 1 unspecified atom stereocenters. The molecule has 1 saturated heterocycles. The van der Waals surface area contributed by atoms with E-state index in [4.69, 9.17) is 10.5 Å². The summed E-state index contributed by atoms with van der Waals surface area (Å²) < 4.78 is 8.16. The van der Waals surface area contributed by atoms with Crippen molar-refractivity contribution in [2.45, 2.75) is 43.7 Å². The Morgan fingerprint density at radius 3 is 3.05 bits per heavy atom. The van der Waals surface area contributed by atoms with Crippen molar-refractivity contribution < 1.29 is 4.74 Å². The largest absolute Gasteiger partial charge is 0.399 e. The van der Waals surface area contributed by atoms with Gasteiger partial charge in [0.2, 0.25) is 0 Å². The lowest BCUT2D eigenvalue weighted by molar-refractivity contribution is -0.141. The lowest BCUT2D eigenvalue weighted by Gasteiger charge is -2.47. The van der Waals surface area contributed by atoms with Crippen LogP contribution in [0, 0.1) is 0 Å². The highest BCUT2D eigenvalue weighted by Crippen LogP contribution is 2.46. The second kappa shape index (κ2) is 3.97. The average molecular weight is 257 g/mol. The molecule has 1 aliphatic carbocycles. The molecule has 0 radical (unpaired) electrons. The van der Waals surface area contributed by atoms with E-state index < -0.39 is 0 Å². The first kappa shape index (κ1) is 11.3. The van der Waals surface area contributed by atoms with Gasteiger partial charge in [-0.2, -0.15) is 5.10 Å². The van der Waals surface area contributed by atoms with Gasteiger partial charge in [0.1, 0.15) is 0 Å². The number of benzene rings is 1. The van der Waals surface area contributed by atoms with Crippen LogP contribution in [0.2, 0.25) is 0 Å². The van der Waals surface area contributed by atoms with Crippen molar-refractivity contribution in [3.63, 3.8) is 0 Å². The van der Waals surface area contributed by atoms with Crippen molar-refractivity contribution in [2.75, 3.05) is 12.3 Å². The molecule has 2 heterocycles. The summed E-state index contributed by atoms with van der Waals surface area (Å²) in [5.74, 6) is 0. The van der Waals surface area contributed by atoms with Gasteiger partial charge in [0.25, 0.3) is 0 Å². The fraction of sp³-hybridized carbons (Fsp3) is 0.533. The zero-order valence-electron chi connectivity index (χ0n) is 11.0. The lowest BCUT2D eigenvalue weighted by atomic mass is 9.74. The number of fused-ring (bicyclic) bond motifs is 1. The molecule has 2 aromatic rings. The minimum Gasteiger partial charge on any atom is -0.399 e. The van der Waals surface area contributed by atoms with E-state index in [2.05, 4.69) is 9.78 Å². The number of ether oxygens (including phenoxy) is 1. The summed E-state index contributed by atoms with van der Waals surface area (Å²) in [4.78, 5) is 0. The Labute approximate surface area is 112 Å². The van der Waals surface area contributed by atoms with E-state index in [0.29, 0.717) is 6.04 Å². The van der Waals surface area contributed by atoms with Crippen molar-refractivity contribution >= 4 is 16.6 Å². The van der Waals surface area contributed by atoms with Gasteiger partial charge in [0, 0.05) is 17.7 Å². The number of nitrogens with two attached hydrogens (primary N) is 1. The molecule has 1 aromatic heterocycles. The second-order valence-corrected chi connectivity index (χ2v) is 5.94. The predicted octanol–water partition coefficient (Wildman–Crippen LogP) is 2.89. The Morgan fingerprint density at radius 1 is 1.37 bits per heavy atom. The maximum Gasteiger partial charge on any atom is 0.0706 e. The highest BCUT2D eigenvalue weighted by molar-refractivity contribution is 5.81. The number of hydrogen-bond acceptors (Lipinski definition) is 3. The molecule has 1 spiro atoms. The molecule has 4 heteroatoms. The first-order valence-electron chi connectivity index (χ1n) is 7.13. The summed E-state index contributed by atoms with van der Waals surface area (Å²) in [6.45, 7) is 0.855. The Morgan fingerprint density at radius 2 is 2.26 bits per heavy atom. The molecule has 1 atom stereocenters. The van der Waals surface area contributed by atoms with Crippen LogP contribution in [0.5, 0.6) is 0 Å². The topological polar surface area (TPSA) is 53.1 Å². The van der Waals surface area contributed by atoms with Gasteiger partial charge in [0.15, 0.2) is 0 Å². The molecular formula is C15H19N3O. The monoisotopic (exact) mass is 257 g/mol. The van der Waals surface area contributed by atoms with Gasteiger partial charge in [-0.1, -0.05) is 0 Å². The molecule has 2 fully saturated rings. The van der Waals surface area contributed by atoms with Crippen LogP contribution in [0.15, 0.2) is 24.4 Å². The lowest BCUT2D eigenvalue weighted by Crippen LogP contribution is -2.46. The maximum atomic E-state index is 6.00. The van der Waals surface area contributed by atoms with Gasteiger partial charge in [-0.3, -0.25) is 4.68 Å². The summed E-state index contributed by atoms with van der Waals surface area (Å²) >= 11 is 0. The number of nitrogen functional groups attached to an aromatic ring is 1. The van der Waals surface area contributed by atoms with Crippen molar-refractivity contribution in [3.8, 4) is 0 Å². The molecule has 1 saturated carbocycles. The van der Waals surface area contributed by atoms with Gasteiger partial charge in [-0.25, -0.2) is 0 Å². The fourth-order valence-electron chi connectivity index (χ4n) is 3.48. The van der Waals surface area contributed by atoms with E-state index in [0.717, 1.165) is 30.7 Å². The third-order valence-corrected chi connectivity index (χ3v) is 4.70. The third-order valence-electron chi connectivity index (χ3n) is 4.70. The van der Waals surface area contributed by atoms with Crippen molar-refractivity contribution in [2.24, 2.45) is 0 Å². The quantitative estimate of drug-likeness (QED) is 0.799. The summed E-state index contributed by atoms with van der Waals surface area (Å²) in [6.07, 6.45) is 7.82. The standard InChI is InChI=1S/C15H19N3O/c16-12-3-2-11-10-17-18(14(11)8-12)13-4-7-19-15(9-13)5-1-6-15/h2-3,8,10,13H,1,4-7,9,16H2. The van der Waals surface area contributed by atoms with Crippen LogP contribution in [0.4, 0.5) is 5.69 Å². The highest BCUT2D eigenvalue weighted by atomic mass is 16.5. The van der Waals surface area contributed by atoms with Crippen LogP contribution < -0.4 is 5.73 Å². The zero-order valence-corrected chi connectivity index (χ0v) is 11.0. The summed E-state index contributed by atoms with van der Waals surface area (Å²) in [5, 5.41) is 5.76. The van der Waals surface area contributed by atoms with Gasteiger partial charge in [0.05, 0.1) is 23.4 Å². The number of nitrogens with zero attached hydrogens (tertiary/aromatic N) is 2. The van der Waals surface area contributed by atoms with E-state index in [1.165, 1.54) is 24.6 Å². The third kappa shape index (κ3) is 1.74. The molecule has 1 aromatic carbocycles. The van der Waals surface area contributed by atoms with Crippen LogP contribution >= 0.6 is 0 Å². The second-order valence-electron chi connectivity index (χ2n) is 5.94. The first-order chi connectivity index (χ1) is 9.26. The summed E-state index contributed by atoms with van der Waals surface area (Å²) in [6, 6.07) is 6.47. The van der Waals surface area contributed by atoms with Crippen molar-refractivity contribution in [1.82, 2.24) is 9.78 Å². The molecule has 0 amide bonds. The minimum atomic E-state index is 0.154. The molecule has 4 nitrogen and oxygen atoms in total. The summed E-state index contributed by atoms with van der Waals surface area (Å²) in [5.41, 5.74) is 8.02. The minimum absolute atomic E-state index is 0.154. The van der Waals surface area contributed by atoms with E-state index in [1.54, 1.807) is 0 Å². The van der Waals surface area contributed by atoms with Crippen molar-refractivity contribution in [3.05, 3.63) is 24.4 Å². The Hall–Kier alpha value is -1.55. The molecule has 0 bridgehead atoms. The zero-order chi connectivity index (χ0) is 12.9. The van der Waals surface area contributed by atoms with Gasteiger partial charge < -0.3 is 10.5 Å². The van der Waals surface area contributed by atoms with E-state index >= 15 is 0 Å². The van der Waals surface area contributed by atoms with Gasteiger partial charge in [-0.15, -0.1) is 0 Å². The molecule has 19 heavy (non-hydrogen) atoms. The van der Waals surface area contributed by atoms with Crippen LogP contribution in [0.3, 0.4) is 0 Å². The summed E-state index contributed by atoms with van der Waals surface area (Å²) in [7, 11) is 0. The molecule has 100 valence electrons. The highest BCUT2D eigenvalue weighted by Gasteiger charge is 2.43. The molecule has 2 N–H and O–H groups in total. The Kier molecular flexibility index (Phi) is 2.36. The molecular weight excluding hydrogens is 238 g/mol. The number of aromatic nitrogens is 2. The number of anilines is 1. The number of hydrogen-bond donors (Lipinski definition) is 1. The van der Waals surface area contributed by atoms with Crippen LogP contribution in [-0.2, 0) is 4.74 Å². The normalized spacial score (nSPS) is 25.6. The Bertz CT molecular complexity index is 615. The van der Waals surface area contributed by atoms with Gasteiger partial charge >= 0.3 is 0 Å². The first-order valence-corrected chi connectivity index (χ1v) is 7.13. The fourth-order valence-corrected chi connectivity index (χ4v) is 3.48. The van der Waals surface area contributed by atoms with E-state index in [-0.39, 0.29) is 5.60 Å². The number of rotatable bonds is 1. The smallest absolute Gasteiger partial charge is 0.0706 e. The Balaban J connectivity index is 1.71. The molecule has 2 aliphatic rings. The maximum absolute atomic E-state index is 6.00. The van der Waals surface area contributed by atoms with Crippen LogP contribution in [0.25, 0.3) is 10.9 Å². The van der Waals surface area contributed by atoms with E-state index in [1.807, 2.05) is 24.4 Å². The van der Waals surface area contributed by atoms with Crippen LogP contribution in [0.1, 0.15) is 38.1 Å². The molecule has 1 aliphatic heterocycles. The van der Waals surface area contributed by atoms with Gasteiger partial charge in [-0.05, 0) is 50.3 Å². The predicted molar refractivity (Wildman–Crippen MR) is 75.0 cm³/mol. The van der Waals surface area contributed by atoms with Crippen LogP contribution in [-0.4, -0.2) is 22.0 Å². The average Bonchev–Trinajstić information content (AvgIpc) is 2.80. The molecule has 4 rings (SSSR count). The van der Waals surface area contributed by atoms with Crippen molar-refractivity contribution in [1.29, 1.82) is 0 Å².